The number of hydrogen-bond acceptors (Lipinski definition) is 2. The van der Waals surface area contributed by atoms with Crippen LogP contribution in [-0.2, 0) is 11.2 Å². The molecule has 4 nitrogen and oxygen atoms in total. The number of carbonyl (C=O) groups excluding carboxylic acids is 1. The van der Waals surface area contributed by atoms with E-state index in [9.17, 15) is 9.59 Å². The molecule has 102 valence electrons. The number of hydrogen-bond donors (Lipinski definition) is 1. The average molecular weight is 261 g/mol. The van der Waals surface area contributed by atoms with Crippen molar-refractivity contribution in [3.63, 3.8) is 0 Å². The van der Waals surface area contributed by atoms with Gasteiger partial charge in [-0.05, 0) is 38.3 Å². The third-order valence-electron chi connectivity index (χ3n) is 3.79. The Morgan fingerprint density at radius 3 is 2.58 bits per heavy atom. The highest BCUT2D eigenvalue weighted by Crippen LogP contribution is 2.29. The van der Waals surface area contributed by atoms with E-state index in [-0.39, 0.29) is 23.4 Å². The molecule has 0 radical (unpaired) electrons. The first-order chi connectivity index (χ1) is 8.92. The molecule has 1 fully saturated rings. The topological polar surface area (TPSA) is 57.6 Å². The molecule has 0 aliphatic carbocycles. The Morgan fingerprint density at radius 2 is 2.00 bits per heavy atom. The van der Waals surface area contributed by atoms with E-state index in [1.54, 1.807) is 24.3 Å². The Labute approximate surface area is 113 Å². The summed E-state index contributed by atoms with van der Waals surface area (Å²) >= 11 is 0. The van der Waals surface area contributed by atoms with E-state index in [2.05, 4.69) is 13.8 Å². The van der Waals surface area contributed by atoms with Crippen molar-refractivity contribution in [3.05, 3.63) is 35.4 Å². The minimum Gasteiger partial charge on any atom is -0.478 e. The quantitative estimate of drug-likeness (QED) is 0.908. The van der Waals surface area contributed by atoms with Gasteiger partial charge in [-0.25, -0.2) is 4.79 Å². The number of aromatic carboxylic acids is 1. The van der Waals surface area contributed by atoms with Crippen molar-refractivity contribution < 1.29 is 14.7 Å². The first-order valence-corrected chi connectivity index (χ1v) is 6.53. The maximum absolute atomic E-state index is 12.3. The maximum Gasteiger partial charge on any atom is 0.335 e. The molecule has 1 amide bonds. The monoisotopic (exact) mass is 261 g/mol. The number of amides is 1. The van der Waals surface area contributed by atoms with Crippen LogP contribution in [0.3, 0.4) is 0 Å². The molecule has 0 saturated carbocycles. The van der Waals surface area contributed by atoms with Gasteiger partial charge in [0.1, 0.15) is 0 Å². The summed E-state index contributed by atoms with van der Waals surface area (Å²) < 4.78 is 0. The fraction of sp³-hybridized carbons (Fsp3) is 0.467. The van der Waals surface area contributed by atoms with Gasteiger partial charge in [0.05, 0.1) is 12.0 Å². The van der Waals surface area contributed by atoms with E-state index < -0.39 is 5.97 Å². The Kier molecular flexibility index (Phi) is 3.60. The maximum atomic E-state index is 12.3. The minimum absolute atomic E-state index is 0.0104. The number of carboxylic acids is 1. The number of carboxylic acid groups (broad SMARTS) is 1. The predicted octanol–water partition coefficient (Wildman–Crippen LogP) is 2.33. The highest BCUT2D eigenvalue weighted by molar-refractivity contribution is 5.91. The van der Waals surface area contributed by atoms with Crippen molar-refractivity contribution in [3.8, 4) is 0 Å². The lowest BCUT2D eigenvalue weighted by Gasteiger charge is -2.31. The molecular weight excluding hydrogens is 242 g/mol. The summed E-state index contributed by atoms with van der Waals surface area (Å²) in [7, 11) is 0. The second-order valence-corrected chi connectivity index (χ2v) is 5.60. The third-order valence-corrected chi connectivity index (χ3v) is 3.79. The summed E-state index contributed by atoms with van der Waals surface area (Å²) in [6.45, 7) is 4.88. The lowest BCUT2D eigenvalue weighted by molar-refractivity contribution is -0.133. The standard InChI is InChI=1S/C15H19NO3/c1-15(2)8-5-9-16(15)13(17)10-11-6-3-4-7-12(11)14(18)19/h3-4,6-7H,5,8-10H2,1-2H3,(H,18,19). The zero-order valence-electron chi connectivity index (χ0n) is 11.3. The van der Waals surface area contributed by atoms with Crippen LogP contribution in [0.4, 0.5) is 0 Å². The van der Waals surface area contributed by atoms with Crippen LogP contribution in [0, 0.1) is 0 Å². The lowest BCUT2D eigenvalue weighted by atomic mass is 10.00. The Morgan fingerprint density at radius 1 is 1.32 bits per heavy atom. The second kappa shape index (κ2) is 5.03. The molecule has 1 aromatic carbocycles. The molecule has 1 heterocycles. The van der Waals surface area contributed by atoms with Crippen LogP contribution in [-0.4, -0.2) is 34.0 Å². The summed E-state index contributed by atoms with van der Waals surface area (Å²) in [5.74, 6) is -0.972. The Hall–Kier alpha value is -1.84. The molecule has 1 aliphatic heterocycles. The molecule has 1 N–H and O–H groups in total. The fourth-order valence-electron chi connectivity index (χ4n) is 2.71. The highest BCUT2D eigenvalue weighted by atomic mass is 16.4. The van der Waals surface area contributed by atoms with Crippen LogP contribution in [0.1, 0.15) is 42.6 Å². The predicted molar refractivity (Wildman–Crippen MR) is 72.1 cm³/mol. The van der Waals surface area contributed by atoms with Crippen LogP contribution < -0.4 is 0 Å². The molecule has 0 atom stereocenters. The summed E-state index contributed by atoms with van der Waals surface area (Å²) in [6.07, 6.45) is 2.17. The molecule has 0 aromatic heterocycles. The number of benzene rings is 1. The molecule has 1 aromatic rings. The van der Waals surface area contributed by atoms with Crippen LogP contribution in [0.2, 0.25) is 0 Å². The molecule has 0 unspecified atom stereocenters. The van der Waals surface area contributed by atoms with Gasteiger partial charge in [0, 0.05) is 12.1 Å². The Bertz CT molecular complexity index is 508. The summed E-state index contributed by atoms with van der Waals surface area (Å²) in [4.78, 5) is 25.3. The number of likely N-dealkylation sites (tertiary alicyclic amines) is 1. The van der Waals surface area contributed by atoms with Crippen molar-refractivity contribution in [1.82, 2.24) is 4.90 Å². The van der Waals surface area contributed by atoms with Crippen molar-refractivity contribution in [1.29, 1.82) is 0 Å². The normalized spacial score (nSPS) is 17.5. The smallest absolute Gasteiger partial charge is 0.335 e. The molecule has 0 bridgehead atoms. The minimum atomic E-state index is -0.982. The zero-order chi connectivity index (χ0) is 14.0. The lowest BCUT2D eigenvalue weighted by Crippen LogP contribution is -2.43. The second-order valence-electron chi connectivity index (χ2n) is 5.60. The van der Waals surface area contributed by atoms with Gasteiger partial charge in [0.25, 0.3) is 0 Å². The van der Waals surface area contributed by atoms with Gasteiger partial charge in [0.15, 0.2) is 0 Å². The third kappa shape index (κ3) is 2.78. The number of carbonyl (C=O) groups is 2. The van der Waals surface area contributed by atoms with Crippen LogP contribution in [0.15, 0.2) is 24.3 Å². The van der Waals surface area contributed by atoms with E-state index in [4.69, 9.17) is 5.11 Å². The first-order valence-electron chi connectivity index (χ1n) is 6.53. The molecule has 4 heteroatoms. The summed E-state index contributed by atoms with van der Waals surface area (Å²) in [6, 6.07) is 6.70. The first kappa shape index (κ1) is 13.6. The summed E-state index contributed by atoms with van der Waals surface area (Å²) in [5, 5.41) is 9.12. The van der Waals surface area contributed by atoms with E-state index in [1.807, 2.05) is 4.90 Å². The van der Waals surface area contributed by atoms with Gasteiger partial charge < -0.3 is 10.0 Å². The van der Waals surface area contributed by atoms with Crippen LogP contribution in [0.25, 0.3) is 0 Å². The molecule has 0 spiro atoms. The largest absolute Gasteiger partial charge is 0.478 e. The molecule has 19 heavy (non-hydrogen) atoms. The van der Waals surface area contributed by atoms with Gasteiger partial charge in [-0.1, -0.05) is 18.2 Å². The van der Waals surface area contributed by atoms with E-state index in [1.165, 1.54) is 0 Å². The van der Waals surface area contributed by atoms with Gasteiger partial charge in [-0.3, -0.25) is 4.79 Å². The van der Waals surface area contributed by atoms with Gasteiger partial charge >= 0.3 is 5.97 Å². The average Bonchev–Trinajstić information content (AvgIpc) is 2.69. The van der Waals surface area contributed by atoms with Gasteiger partial charge in [-0.15, -0.1) is 0 Å². The van der Waals surface area contributed by atoms with Crippen molar-refractivity contribution in [2.45, 2.75) is 38.6 Å². The van der Waals surface area contributed by atoms with Crippen molar-refractivity contribution in [2.24, 2.45) is 0 Å². The zero-order valence-corrected chi connectivity index (χ0v) is 11.3. The van der Waals surface area contributed by atoms with Crippen molar-refractivity contribution in [2.75, 3.05) is 6.54 Å². The summed E-state index contributed by atoms with van der Waals surface area (Å²) in [5.41, 5.74) is 0.686. The SMILES string of the molecule is CC1(C)CCCN1C(=O)Cc1ccccc1C(=O)O. The molecule has 2 rings (SSSR count). The van der Waals surface area contributed by atoms with Crippen molar-refractivity contribution >= 4 is 11.9 Å². The van der Waals surface area contributed by atoms with Crippen LogP contribution >= 0.6 is 0 Å². The fourth-order valence-corrected chi connectivity index (χ4v) is 2.71. The highest BCUT2D eigenvalue weighted by Gasteiger charge is 2.35. The molecular formula is C15H19NO3. The Balaban J connectivity index is 2.18. The van der Waals surface area contributed by atoms with Crippen LogP contribution in [0.5, 0.6) is 0 Å². The molecule has 1 saturated heterocycles. The van der Waals surface area contributed by atoms with Gasteiger partial charge in [0.2, 0.25) is 5.91 Å². The molecule has 1 aliphatic rings. The van der Waals surface area contributed by atoms with E-state index in [0.717, 1.165) is 19.4 Å². The van der Waals surface area contributed by atoms with Gasteiger partial charge in [-0.2, -0.15) is 0 Å². The number of nitrogens with zero attached hydrogens (tertiary/aromatic N) is 1. The van der Waals surface area contributed by atoms with E-state index in [0.29, 0.717) is 5.56 Å². The number of rotatable bonds is 3. The van der Waals surface area contributed by atoms with E-state index >= 15 is 0 Å².